The Morgan fingerprint density at radius 1 is 1.22 bits per heavy atom. The van der Waals surface area contributed by atoms with Gasteiger partial charge in [0, 0.05) is 19.0 Å². The van der Waals surface area contributed by atoms with Gasteiger partial charge in [-0.05, 0) is 50.3 Å². The molecule has 1 aromatic carbocycles. The van der Waals surface area contributed by atoms with E-state index in [9.17, 15) is 4.79 Å². The third-order valence-corrected chi connectivity index (χ3v) is 7.69. The summed E-state index contributed by atoms with van der Waals surface area (Å²) in [7, 11) is 0. The quantitative estimate of drug-likeness (QED) is 0.548. The molecule has 1 fully saturated rings. The van der Waals surface area contributed by atoms with E-state index >= 15 is 0 Å². The highest BCUT2D eigenvalue weighted by atomic mass is 35.5. The molecule has 0 spiro atoms. The van der Waals surface area contributed by atoms with Crippen LogP contribution in [0.25, 0.3) is 5.65 Å². The van der Waals surface area contributed by atoms with Gasteiger partial charge in [0.15, 0.2) is 5.65 Å². The van der Waals surface area contributed by atoms with Crippen molar-refractivity contribution in [3.05, 3.63) is 64.6 Å². The zero-order valence-corrected chi connectivity index (χ0v) is 19.8. The molecule has 2 aliphatic heterocycles. The van der Waals surface area contributed by atoms with E-state index in [1.807, 2.05) is 44.3 Å². The van der Waals surface area contributed by atoms with Crippen LogP contribution in [0, 0.1) is 6.92 Å². The minimum absolute atomic E-state index is 0.0375. The van der Waals surface area contributed by atoms with Gasteiger partial charge >= 0.3 is 0 Å². The maximum absolute atomic E-state index is 13.8. The highest BCUT2D eigenvalue weighted by Gasteiger charge is 2.40. The van der Waals surface area contributed by atoms with Crippen molar-refractivity contribution in [2.24, 2.45) is 4.99 Å². The summed E-state index contributed by atoms with van der Waals surface area (Å²) >= 11 is 7.81. The minimum atomic E-state index is -0.369. The topological polar surface area (TPSA) is 62.9 Å². The minimum Gasteiger partial charge on any atom is -0.337 e. The molecule has 0 bridgehead atoms. The van der Waals surface area contributed by atoms with Crippen LogP contribution in [0.3, 0.4) is 0 Å². The predicted molar refractivity (Wildman–Crippen MR) is 129 cm³/mol. The number of aryl methyl sites for hydroxylation is 1. The number of likely N-dealkylation sites (tertiary alicyclic amines) is 1. The number of carbonyl (C=O) groups is 1. The van der Waals surface area contributed by atoms with Crippen molar-refractivity contribution in [2.75, 3.05) is 6.54 Å². The van der Waals surface area contributed by atoms with Gasteiger partial charge in [-0.3, -0.25) is 9.79 Å². The molecule has 3 aromatic rings. The van der Waals surface area contributed by atoms with E-state index in [0.29, 0.717) is 11.6 Å². The number of hydrogen-bond acceptors (Lipinski definition) is 5. The molecular weight excluding hydrogens is 442 g/mol. The first-order valence-electron chi connectivity index (χ1n) is 11.1. The Morgan fingerprint density at radius 3 is 2.84 bits per heavy atom. The summed E-state index contributed by atoms with van der Waals surface area (Å²) in [6, 6.07) is 11.8. The van der Waals surface area contributed by atoms with Crippen LogP contribution in [-0.2, 0) is 11.2 Å². The number of hydrogen-bond donors (Lipinski definition) is 0. The fourth-order valence-corrected chi connectivity index (χ4v) is 6.16. The van der Waals surface area contributed by atoms with Crippen LogP contribution in [0.4, 0.5) is 0 Å². The van der Waals surface area contributed by atoms with Crippen LogP contribution in [0.2, 0.25) is 5.15 Å². The van der Waals surface area contributed by atoms with Crippen molar-refractivity contribution in [2.45, 2.75) is 56.9 Å². The zero-order valence-electron chi connectivity index (χ0n) is 18.2. The molecule has 32 heavy (non-hydrogen) atoms. The molecule has 166 valence electrons. The molecule has 2 unspecified atom stereocenters. The number of benzene rings is 1. The van der Waals surface area contributed by atoms with Gasteiger partial charge in [-0.2, -0.15) is 5.10 Å². The Hall–Kier alpha value is -2.38. The number of aliphatic imine (C=N–C) groups is 1. The van der Waals surface area contributed by atoms with Gasteiger partial charge in [0.2, 0.25) is 5.91 Å². The highest BCUT2D eigenvalue weighted by Crippen LogP contribution is 2.41. The molecule has 2 aromatic heterocycles. The number of rotatable bonds is 4. The Kier molecular flexibility index (Phi) is 5.95. The maximum Gasteiger partial charge on any atom is 0.249 e. The van der Waals surface area contributed by atoms with E-state index in [4.69, 9.17) is 21.6 Å². The molecule has 2 aliphatic rings. The van der Waals surface area contributed by atoms with Crippen LogP contribution in [-0.4, -0.2) is 49.1 Å². The van der Waals surface area contributed by atoms with E-state index in [0.717, 1.165) is 53.3 Å². The van der Waals surface area contributed by atoms with E-state index in [1.165, 1.54) is 0 Å². The van der Waals surface area contributed by atoms with Crippen molar-refractivity contribution >= 4 is 40.0 Å². The number of nitrogens with zero attached hydrogens (tertiary/aromatic N) is 5. The normalized spacial score (nSPS) is 23.5. The molecule has 0 radical (unpaired) electrons. The summed E-state index contributed by atoms with van der Waals surface area (Å²) in [6.45, 7) is 4.76. The summed E-state index contributed by atoms with van der Waals surface area (Å²) in [6.07, 6.45) is 5.78. The lowest BCUT2D eigenvalue weighted by molar-refractivity contribution is -0.136. The van der Waals surface area contributed by atoms with Gasteiger partial charge in [0.25, 0.3) is 0 Å². The second-order valence-electron chi connectivity index (χ2n) is 8.58. The first-order chi connectivity index (χ1) is 15.5. The standard InChI is InChI=1S/C24H26ClN5OS/c1-15-12-20(25)28-30-14-18(27-23(15)30)13-19-10-6-7-11-29(19)24(31)21-22(32-16(2)26-21)17-8-4-3-5-9-17/h3-5,8-9,12,14,19,21-22H,6-7,10-11,13H2,1-2H3/t19-,21?,22?/m0/s1. The molecule has 6 nitrogen and oxygen atoms in total. The lowest BCUT2D eigenvalue weighted by atomic mass is 9.96. The number of halogens is 1. The molecule has 1 amide bonds. The SMILES string of the molecule is CC1=NC(C(=O)N2CCCC[C@H]2Cc2cn3nc(Cl)cc(C)c3n2)C(c2ccccc2)S1. The van der Waals surface area contributed by atoms with Crippen molar-refractivity contribution in [1.82, 2.24) is 19.5 Å². The lowest BCUT2D eigenvalue weighted by Gasteiger charge is -2.37. The van der Waals surface area contributed by atoms with Crippen LogP contribution in [0.5, 0.6) is 0 Å². The predicted octanol–water partition coefficient (Wildman–Crippen LogP) is 4.89. The van der Waals surface area contributed by atoms with Gasteiger partial charge in [-0.1, -0.05) is 41.9 Å². The highest BCUT2D eigenvalue weighted by molar-refractivity contribution is 8.14. The van der Waals surface area contributed by atoms with E-state index < -0.39 is 0 Å². The van der Waals surface area contributed by atoms with Crippen molar-refractivity contribution in [3.8, 4) is 0 Å². The summed E-state index contributed by atoms with van der Waals surface area (Å²) in [5, 5.41) is 5.80. The number of piperidine rings is 1. The summed E-state index contributed by atoms with van der Waals surface area (Å²) in [5.74, 6) is 0.133. The molecule has 0 N–H and O–H groups in total. The van der Waals surface area contributed by atoms with E-state index in [-0.39, 0.29) is 23.2 Å². The largest absolute Gasteiger partial charge is 0.337 e. The van der Waals surface area contributed by atoms with Crippen LogP contribution in [0.15, 0.2) is 47.6 Å². The number of aromatic nitrogens is 3. The Morgan fingerprint density at radius 2 is 2.03 bits per heavy atom. The number of imidazole rings is 1. The number of carbonyl (C=O) groups excluding carboxylic acids is 1. The number of thioether (sulfide) groups is 1. The second-order valence-corrected chi connectivity index (χ2v) is 10.3. The van der Waals surface area contributed by atoms with Gasteiger partial charge in [-0.15, -0.1) is 11.8 Å². The van der Waals surface area contributed by atoms with Crippen LogP contribution in [0.1, 0.15) is 48.3 Å². The first kappa shape index (κ1) is 21.5. The molecule has 8 heteroatoms. The number of fused-ring (bicyclic) bond motifs is 1. The smallest absolute Gasteiger partial charge is 0.249 e. The summed E-state index contributed by atoms with van der Waals surface area (Å²) in [5.41, 5.74) is 3.90. The maximum atomic E-state index is 13.8. The van der Waals surface area contributed by atoms with Crippen molar-refractivity contribution < 1.29 is 4.79 Å². The van der Waals surface area contributed by atoms with Crippen LogP contribution < -0.4 is 0 Å². The molecule has 4 heterocycles. The van der Waals surface area contributed by atoms with Gasteiger partial charge in [0.1, 0.15) is 11.2 Å². The summed E-state index contributed by atoms with van der Waals surface area (Å²) < 4.78 is 1.74. The van der Waals surface area contributed by atoms with Gasteiger partial charge < -0.3 is 4.90 Å². The molecule has 0 saturated carbocycles. The molecule has 1 saturated heterocycles. The average Bonchev–Trinajstić information content (AvgIpc) is 3.37. The number of amides is 1. The van der Waals surface area contributed by atoms with Gasteiger partial charge in [-0.25, -0.2) is 9.50 Å². The summed E-state index contributed by atoms with van der Waals surface area (Å²) in [4.78, 5) is 25.4. The first-order valence-corrected chi connectivity index (χ1v) is 12.3. The van der Waals surface area contributed by atoms with Crippen molar-refractivity contribution in [3.63, 3.8) is 0 Å². The second kappa shape index (κ2) is 8.87. The Labute approximate surface area is 197 Å². The molecule has 0 aliphatic carbocycles. The average molecular weight is 468 g/mol. The molecule has 3 atom stereocenters. The molecular formula is C24H26ClN5OS. The van der Waals surface area contributed by atoms with Gasteiger partial charge in [0.05, 0.1) is 22.2 Å². The van der Waals surface area contributed by atoms with E-state index in [2.05, 4.69) is 22.1 Å². The monoisotopic (exact) mass is 467 g/mol. The van der Waals surface area contributed by atoms with Crippen LogP contribution >= 0.6 is 23.4 Å². The lowest BCUT2D eigenvalue weighted by Crippen LogP contribution is -2.49. The fourth-order valence-electron chi connectivity index (χ4n) is 4.77. The van der Waals surface area contributed by atoms with Crippen molar-refractivity contribution in [1.29, 1.82) is 0 Å². The molecule has 5 rings (SSSR count). The Balaban J connectivity index is 1.39. The Bertz CT molecular complexity index is 1180. The fraction of sp³-hybridized carbons (Fsp3) is 0.417. The zero-order chi connectivity index (χ0) is 22.2. The third kappa shape index (κ3) is 4.16. The third-order valence-electron chi connectivity index (χ3n) is 6.27. The van der Waals surface area contributed by atoms with E-state index in [1.54, 1.807) is 16.3 Å².